The number of pyridine rings is 2. The van der Waals surface area contributed by atoms with Crippen molar-refractivity contribution in [3.63, 3.8) is 0 Å². The van der Waals surface area contributed by atoms with E-state index in [2.05, 4.69) is 32.1 Å². The lowest BCUT2D eigenvalue weighted by atomic mass is 9.97. The Balaban J connectivity index is 1.49. The number of aryl methyl sites for hydroxylation is 2. The summed E-state index contributed by atoms with van der Waals surface area (Å²) in [6.45, 7) is 4.99. The van der Waals surface area contributed by atoms with E-state index in [0.29, 0.717) is 5.92 Å². The summed E-state index contributed by atoms with van der Waals surface area (Å²) in [5.41, 5.74) is 5.62. The van der Waals surface area contributed by atoms with Crippen molar-refractivity contribution in [2.75, 3.05) is 13.1 Å². The summed E-state index contributed by atoms with van der Waals surface area (Å²) in [5, 5.41) is 5.16. The van der Waals surface area contributed by atoms with Crippen molar-refractivity contribution in [2.45, 2.75) is 25.8 Å². The zero-order valence-electron chi connectivity index (χ0n) is 15.1. The average molecular weight is 368 g/mol. The predicted octanol–water partition coefficient (Wildman–Crippen LogP) is 3.83. The highest BCUT2D eigenvalue weighted by molar-refractivity contribution is 6.30. The maximum Gasteiger partial charge on any atom is 0.131 e. The molecule has 1 saturated heterocycles. The van der Waals surface area contributed by atoms with E-state index >= 15 is 0 Å². The smallest absolute Gasteiger partial charge is 0.131 e. The van der Waals surface area contributed by atoms with Gasteiger partial charge in [0.15, 0.2) is 0 Å². The summed E-state index contributed by atoms with van der Waals surface area (Å²) in [6.07, 6.45) is 6.68. The van der Waals surface area contributed by atoms with Gasteiger partial charge in [-0.15, -0.1) is 0 Å². The van der Waals surface area contributed by atoms with Crippen LogP contribution in [0, 0.1) is 6.92 Å². The molecule has 0 amide bonds. The first-order valence-electron chi connectivity index (χ1n) is 8.88. The lowest BCUT2D eigenvalue weighted by Crippen LogP contribution is -2.20. The molecule has 0 radical (unpaired) electrons. The highest BCUT2D eigenvalue weighted by Gasteiger charge is 2.26. The second-order valence-electron chi connectivity index (χ2n) is 6.91. The molecule has 1 aliphatic rings. The number of nitrogens with zero attached hydrogens (tertiary/aromatic N) is 5. The maximum absolute atomic E-state index is 6.39. The number of likely N-dealkylation sites (tertiary alicyclic amines) is 1. The fourth-order valence-corrected chi connectivity index (χ4v) is 3.94. The number of hydrogen-bond acceptors (Lipinski definition) is 4. The molecule has 0 unspecified atom stereocenters. The van der Waals surface area contributed by atoms with Gasteiger partial charge < -0.3 is 0 Å². The molecule has 134 valence electrons. The minimum Gasteiger partial charge on any atom is -0.298 e. The van der Waals surface area contributed by atoms with Gasteiger partial charge >= 0.3 is 0 Å². The Labute approximate surface area is 158 Å². The third-order valence-electron chi connectivity index (χ3n) is 5.16. The van der Waals surface area contributed by atoms with Crippen LogP contribution in [0.15, 0.2) is 42.9 Å². The van der Waals surface area contributed by atoms with E-state index < -0.39 is 0 Å². The van der Waals surface area contributed by atoms with Gasteiger partial charge in [0.1, 0.15) is 5.15 Å². The first kappa shape index (κ1) is 17.2. The summed E-state index contributed by atoms with van der Waals surface area (Å²) < 4.78 is 1.75. The Morgan fingerprint density at radius 3 is 2.73 bits per heavy atom. The van der Waals surface area contributed by atoms with E-state index in [0.717, 1.165) is 53.7 Å². The molecule has 0 bridgehead atoms. The molecule has 3 aromatic rings. The van der Waals surface area contributed by atoms with Crippen LogP contribution in [0.2, 0.25) is 5.15 Å². The average Bonchev–Trinajstić information content (AvgIpc) is 3.23. The Bertz CT molecular complexity index is 906. The molecule has 3 aromatic heterocycles. The monoisotopic (exact) mass is 367 g/mol. The van der Waals surface area contributed by atoms with Gasteiger partial charge in [0, 0.05) is 49.9 Å². The number of aromatic nitrogens is 4. The third kappa shape index (κ3) is 3.37. The van der Waals surface area contributed by atoms with Crippen LogP contribution >= 0.6 is 11.6 Å². The summed E-state index contributed by atoms with van der Waals surface area (Å²) >= 11 is 6.39. The van der Waals surface area contributed by atoms with E-state index in [9.17, 15) is 0 Å². The van der Waals surface area contributed by atoms with Gasteiger partial charge in [-0.25, -0.2) is 0 Å². The molecule has 5 nitrogen and oxygen atoms in total. The lowest BCUT2D eigenvalue weighted by molar-refractivity contribution is 0.326. The molecule has 4 rings (SSSR count). The van der Waals surface area contributed by atoms with E-state index in [4.69, 9.17) is 11.6 Å². The second-order valence-corrected chi connectivity index (χ2v) is 7.27. The minimum atomic E-state index is 0.523. The molecule has 0 saturated carbocycles. The van der Waals surface area contributed by atoms with Crippen molar-refractivity contribution in [1.29, 1.82) is 0 Å². The Morgan fingerprint density at radius 2 is 2.00 bits per heavy atom. The van der Waals surface area contributed by atoms with E-state index in [1.54, 1.807) is 17.1 Å². The topological polar surface area (TPSA) is 46.8 Å². The number of hydrogen-bond donors (Lipinski definition) is 0. The number of rotatable bonds is 4. The van der Waals surface area contributed by atoms with Gasteiger partial charge in [0.05, 0.1) is 11.4 Å². The molecule has 1 aliphatic heterocycles. The normalized spacial score (nSPS) is 17.7. The summed E-state index contributed by atoms with van der Waals surface area (Å²) in [6, 6.07) is 8.35. The van der Waals surface area contributed by atoms with Gasteiger partial charge in [-0.2, -0.15) is 5.10 Å². The minimum absolute atomic E-state index is 0.523. The first-order chi connectivity index (χ1) is 12.6. The van der Waals surface area contributed by atoms with Gasteiger partial charge in [0.25, 0.3) is 0 Å². The summed E-state index contributed by atoms with van der Waals surface area (Å²) in [5.74, 6) is 0.523. The van der Waals surface area contributed by atoms with E-state index in [1.165, 1.54) is 5.56 Å². The third-order valence-corrected chi connectivity index (χ3v) is 5.63. The van der Waals surface area contributed by atoms with Crippen LogP contribution in [0.5, 0.6) is 0 Å². The van der Waals surface area contributed by atoms with Crippen molar-refractivity contribution < 1.29 is 0 Å². The highest BCUT2D eigenvalue weighted by atomic mass is 35.5. The fourth-order valence-electron chi connectivity index (χ4n) is 3.71. The summed E-state index contributed by atoms with van der Waals surface area (Å²) in [7, 11) is 1.89. The maximum atomic E-state index is 6.39. The Morgan fingerprint density at radius 1 is 1.19 bits per heavy atom. The van der Waals surface area contributed by atoms with Gasteiger partial charge in [0.2, 0.25) is 0 Å². The quantitative estimate of drug-likeness (QED) is 0.703. The van der Waals surface area contributed by atoms with Crippen molar-refractivity contribution in [2.24, 2.45) is 7.05 Å². The van der Waals surface area contributed by atoms with Crippen LogP contribution in [0.25, 0.3) is 11.3 Å². The molecule has 4 heterocycles. The molecule has 0 spiro atoms. The van der Waals surface area contributed by atoms with Crippen LogP contribution in [0.4, 0.5) is 0 Å². The van der Waals surface area contributed by atoms with Crippen LogP contribution in [0.3, 0.4) is 0 Å². The van der Waals surface area contributed by atoms with Crippen molar-refractivity contribution >= 4 is 11.6 Å². The van der Waals surface area contributed by atoms with Crippen molar-refractivity contribution in [1.82, 2.24) is 24.6 Å². The molecular weight excluding hydrogens is 346 g/mol. The molecule has 0 aliphatic carbocycles. The molecule has 1 fully saturated rings. The number of halogens is 1. The fraction of sp³-hybridized carbons (Fsp3) is 0.350. The zero-order valence-corrected chi connectivity index (χ0v) is 15.8. The van der Waals surface area contributed by atoms with Crippen LogP contribution < -0.4 is 0 Å². The van der Waals surface area contributed by atoms with Gasteiger partial charge in [-0.1, -0.05) is 11.6 Å². The second kappa shape index (κ2) is 7.17. The predicted molar refractivity (Wildman–Crippen MR) is 103 cm³/mol. The zero-order chi connectivity index (χ0) is 18.1. The van der Waals surface area contributed by atoms with E-state index in [1.807, 2.05) is 32.3 Å². The van der Waals surface area contributed by atoms with Crippen LogP contribution in [-0.4, -0.2) is 37.7 Å². The Hall–Kier alpha value is -2.24. The first-order valence-corrected chi connectivity index (χ1v) is 9.26. The molecule has 0 N–H and O–H groups in total. The Kier molecular flexibility index (Phi) is 4.74. The van der Waals surface area contributed by atoms with Crippen molar-refractivity contribution in [3.8, 4) is 11.3 Å². The summed E-state index contributed by atoms with van der Waals surface area (Å²) in [4.78, 5) is 11.1. The van der Waals surface area contributed by atoms with E-state index in [-0.39, 0.29) is 0 Å². The largest absolute Gasteiger partial charge is 0.298 e. The van der Waals surface area contributed by atoms with Crippen molar-refractivity contribution in [3.05, 3.63) is 64.8 Å². The molecule has 0 aromatic carbocycles. The molecule has 1 atom stereocenters. The van der Waals surface area contributed by atoms with Gasteiger partial charge in [-0.05, 0) is 55.6 Å². The SMILES string of the molecule is Cc1nn(C)c(Cl)c1CN1CC[C@@H](c2ccnc(-c3ccncc3)c2)C1. The van der Waals surface area contributed by atoms with Crippen LogP contribution in [-0.2, 0) is 13.6 Å². The van der Waals surface area contributed by atoms with Crippen LogP contribution in [0.1, 0.15) is 29.2 Å². The molecular formula is C20H22ClN5. The highest BCUT2D eigenvalue weighted by Crippen LogP contribution is 2.31. The van der Waals surface area contributed by atoms with Gasteiger partial charge in [-0.3, -0.25) is 19.5 Å². The lowest BCUT2D eigenvalue weighted by Gasteiger charge is -2.16. The standard InChI is InChI=1S/C20H22ClN5/c1-14-18(20(21)25(2)24-14)13-26-10-6-17(12-26)16-5-9-23-19(11-16)15-3-7-22-8-4-15/h3-5,7-9,11,17H,6,10,12-13H2,1-2H3/t17-/m1/s1. The molecule has 26 heavy (non-hydrogen) atoms. The molecule has 6 heteroatoms.